The maximum atomic E-state index is 6.45. The highest BCUT2D eigenvalue weighted by atomic mass is 32.1. The molecule has 0 aliphatic carbocycles. The van der Waals surface area contributed by atoms with Crippen LogP contribution < -0.4 is 20.7 Å². The van der Waals surface area contributed by atoms with Crippen molar-refractivity contribution in [1.82, 2.24) is 15.0 Å². The summed E-state index contributed by atoms with van der Waals surface area (Å²) in [6, 6.07) is 14.0. The van der Waals surface area contributed by atoms with Gasteiger partial charge in [0.15, 0.2) is 16.8 Å². The molecule has 0 radical (unpaired) electrons. The van der Waals surface area contributed by atoms with Gasteiger partial charge in [-0.25, -0.2) is 15.0 Å². The highest BCUT2D eigenvalue weighted by molar-refractivity contribution is 7.22. The van der Waals surface area contributed by atoms with Gasteiger partial charge in [-0.05, 0) is 49.7 Å². The number of aromatic nitrogens is 3. The fourth-order valence-corrected chi connectivity index (χ4v) is 4.03. The van der Waals surface area contributed by atoms with Crippen LogP contribution in [-0.2, 0) is 0 Å². The van der Waals surface area contributed by atoms with E-state index in [4.69, 9.17) is 10.5 Å². The van der Waals surface area contributed by atoms with Crippen molar-refractivity contribution in [2.75, 3.05) is 29.6 Å². The largest absolute Gasteiger partial charge is 0.497 e. The molecule has 148 valence electrons. The quantitative estimate of drug-likeness (QED) is 0.471. The lowest BCUT2D eigenvalue weighted by Crippen LogP contribution is -2.20. The van der Waals surface area contributed by atoms with Gasteiger partial charge in [0.05, 0.1) is 17.3 Å². The molecule has 0 saturated heterocycles. The molecule has 0 atom stereocenters. The van der Waals surface area contributed by atoms with Crippen LogP contribution in [0.5, 0.6) is 5.75 Å². The lowest BCUT2D eigenvalue weighted by Gasteiger charge is -2.24. The predicted octanol–water partition coefficient (Wildman–Crippen LogP) is 4.89. The van der Waals surface area contributed by atoms with E-state index in [1.165, 1.54) is 23.2 Å². The van der Waals surface area contributed by atoms with Crippen molar-refractivity contribution in [3.63, 3.8) is 0 Å². The second-order valence-electron chi connectivity index (χ2n) is 6.52. The van der Waals surface area contributed by atoms with E-state index in [-0.39, 0.29) is 0 Å². The molecule has 0 bridgehead atoms. The van der Waals surface area contributed by atoms with Gasteiger partial charge in [-0.2, -0.15) is 0 Å². The van der Waals surface area contributed by atoms with Crippen LogP contribution in [0.4, 0.5) is 28.1 Å². The molecule has 2 aromatic heterocycles. The highest BCUT2D eigenvalue weighted by Crippen LogP contribution is 2.35. The molecular formula is C21H22N6OS. The van der Waals surface area contributed by atoms with Gasteiger partial charge in [-0.3, -0.25) is 0 Å². The fourth-order valence-electron chi connectivity index (χ4n) is 3.14. The molecule has 7 nitrogen and oxygen atoms in total. The number of nitrogens with zero attached hydrogens (tertiary/aromatic N) is 4. The molecule has 0 aliphatic rings. The van der Waals surface area contributed by atoms with Gasteiger partial charge in [-0.1, -0.05) is 23.5 Å². The van der Waals surface area contributed by atoms with Crippen molar-refractivity contribution in [2.24, 2.45) is 0 Å². The van der Waals surface area contributed by atoms with E-state index in [9.17, 15) is 0 Å². The van der Waals surface area contributed by atoms with E-state index < -0.39 is 0 Å². The summed E-state index contributed by atoms with van der Waals surface area (Å²) in [4.78, 5) is 15.5. The summed E-state index contributed by atoms with van der Waals surface area (Å²) in [5.74, 6) is 2.00. The third-order valence-corrected chi connectivity index (χ3v) is 5.50. The van der Waals surface area contributed by atoms with Gasteiger partial charge in [0.2, 0.25) is 0 Å². The van der Waals surface area contributed by atoms with Crippen molar-refractivity contribution < 1.29 is 4.74 Å². The normalized spacial score (nSPS) is 10.9. The number of ether oxygens (including phenoxy) is 1. The van der Waals surface area contributed by atoms with Crippen LogP contribution in [0.15, 0.2) is 48.8 Å². The van der Waals surface area contributed by atoms with Crippen LogP contribution in [-0.4, -0.2) is 28.6 Å². The monoisotopic (exact) mass is 406 g/mol. The summed E-state index contributed by atoms with van der Waals surface area (Å²) in [6.45, 7) is 4.86. The number of fused-ring (bicyclic) bond motifs is 1. The van der Waals surface area contributed by atoms with Crippen molar-refractivity contribution in [3.05, 3.63) is 54.4 Å². The summed E-state index contributed by atoms with van der Waals surface area (Å²) in [5, 5.41) is 3.96. The number of hydrogen-bond acceptors (Lipinski definition) is 8. The summed E-state index contributed by atoms with van der Waals surface area (Å²) in [6.07, 6.45) is 1.52. The van der Waals surface area contributed by atoms with E-state index in [0.717, 1.165) is 28.2 Å². The van der Waals surface area contributed by atoms with Crippen LogP contribution in [0, 0.1) is 6.92 Å². The zero-order valence-corrected chi connectivity index (χ0v) is 17.3. The lowest BCUT2D eigenvalue weighted by atomic mass is 10.2. The molecule has 2 aromatic carbocycles. The first kappa shape index (κ1) is 18.9. The molecule has 29 heavy (non-hydrogen) atoms. The molecule has 0 saturated carbocycles. The molecule has 0 unspecified atom stereocenters. The van der Waals surface area contributed by atoms with Gasteiger partial charge in [0.1, 0.15) is 17.8 Å². The SMILES string of the molecule is CCN(c1cccc(C)c1)c1ncnc(Nc2nc3ccc(OC)cc3s2)c1N. The number of aryl methyl sites for hydroxylation is 1. The Morgan fingerprint density at radius 3 is 2.79 bits per heavy atom. The number of anilines is 5. The Balaban J connectivity index is 1.67. The maximum Gasteiger partial charge on any atom is 0.189 e. The van der Waals surface area contributed by atoms with E-state index >= 15 is 0 Å². The van der Waals surface area contributed by atoms with Crippen molar-refractivity contribution in [3.8, 4) is 5.75 Å². The fraction of sp³-hybridized carbons (Fsp3) is 0.190. The number of nitrogens with one attached hydrogen (secondary N) is 1. The van der Waals surface area contributed by atoms with Gasteiger partial charge in [0.25, 0.3) is 0 Å². The van der Waals surface area contributed by atoms with Crippen LogP contribution in [0.25, 0.3) is 10.2 Å². The molecule has 2 heterocycles. The number of nitrogens with two attached hydrogens (primary N) is 1. The number of thiazole rings is 1. The third-order valence-electron chi connectivity index (χ3n) is 4.57. The smallest absolute Gasteiger partial charge is 0.189 e. The van der Waals surface area contributed by atoms with Crippen LogP contribution in [0.3, 0.4) is 0 Å². The molecule has 3 N–H and O–H groups in total. The molecule has 0 aliphatic heterocycles. The Labute approximate surface area is 173 Å². The first-order chi connectivity index (χ1) is 14.1. The minimum Gasteiger partial charge on any atom is -0.497 e. The summed E-state index contributed by atoms with van der Waals surface area (Å²) in [7, 11) is 1.65. The summed E-state index contributed by atoms with van der Waals surface area (Å²) >= 11 is 1.52. The number of hydrogen-bond donors (Lipinski definition) is 2. The third kappa shape index (κ3) is 3.79. The Hall–Kier alpha value is -3.39. The Morgan fingerprint density at radius 1 is 1.17 bits per heavy atom. The predicted molar refractivity (Wildman–Crippen MR) is 120 cm³/mol. The highest BCUT2D eigenvalue weighted by Gasteiger charge is 2.17. The molecule has 4 rings (SSSR count). The lowest BCUT2D eigenvalue weighted by molar-refractivity contribution is 0.415. The topological polar surface area (TPSA) is 89.2 Å². The van der Waals surface area contributed by atoms with E-state index in [2.05, 4.69) is 51.1 Å². The molecule has 0 spiro atoms. The second-order valence-corrected chi connectivity index (χ2v) is 7.55. The number of rotatable bonds is 6. The van der Waals surface area contributed by atoms with Gasteiger partial charge in [-0.15, -0.1) is 0 Å². The Bertz CT molecular complexity index is 1160. The number of nitrogen functional groups attached to an aromatic ring is 1. The standard InChI is InChI=1S/C21H22N6OS/c1-4-27(14-7-5-6-13(2)10-14)20-18(22)19(23-12-24-20)26-21-25-16-9-8-15(28-3)11-17(16)29-21/h5-12H,4,22H2,1-3H3,(H,23,24,25,26). The average molecular weight is 407 g/mol. The average Bonchev–Trinajstić information content (AvgIpc) is 3.12. The van der Waals surface area contributed by atoms with Crippen LogP contribution in [0.1, 0.15) is 12.5 Å². The van der Waals surface area contributed by atoms with Crippen molar-refractivity contribution in [1.29, 1.82) is 0 Å². The van der Waals surface area contributed by atoms with E-state index in [0.29, 0.717) is 22.5 Å². The maximum absolute atomic E-state index is 6.45. The molecule has 0 fully saturated rings. The van der Waals surface area contributed by atoms with Gasteiger partial charge < -0.3 is 20.7 Å². The Kier molecular flexibility index (Phi) is 5.18. The summed E-state index contributed by atoms with van der Waals surface area (Å²) < 4.78 is 6.31. The van der Waals surface area contributed by atoms with Crippen LogP contribution in [0.2, 0.25) is 0 Å². The van der Waals surface area contributed by atoms with Crippen molar-refractivity contribution in [2.45, 2.75) is 13.8 Å². The first-order valence-corrected chi connectivity index (χ1v) is 10.1. The van der Waals surface area contributed by atoms with Gasteiger partial charge >= 0.3 is 0 Å². The molecule has 8 heteroatoms. The molecule has 0 amide bonds. The van der Waals surface area contributed by atoms with Crippen molar-refractivity contribution >= 4 is 49.7 Å². The zero-order valence-electron chi connectivity index (χ0n) is 16.5. The first-order valence-electron chi connectivity index (χ1n) is 9.25. The Morgan fingerprint density at radius 2 is 2.03 bits per heavy atom. The number of methoxy groups -OCH3 is 1. The molecular weight excluding hydrogens is 384 g/mol. The number of benzene rings is 2. The second kappa shape index (κ2) is 7.92. The zero-order chi connectivity index (χ0) is 20.4. The van der Waals surface area contributed by atoms with Gasteiger partial charge in [0, 0.05) is 12.2 Å². The van der Waals surface area contributed by atoms with E-state index in [1.54, 1.807) is 7.11 Å². The van der Waals surface area contributed by atoms with E-state index in [1.807, 2.05) is 30.3 Å². The summed E-state index contributed by atoms with van der Waals surface area (Å²) in [5.41, 5.74) is 10.0. The minimum absolute atomic E-state index is 0.479. The molecule has 4 aromatic rings. The minimum atomic E-state index is 0.479. The van der Waals surface area contributed by atoms with Crippen LogP contribution >= 0.6 is 11.3 Å².